The van der Waals surface area contributed by atoms with Crippen LogP contribution in [0.1, 0.15) is 43.0 Å². The van der Waals surface area contributed by atoms with Gasteiger partial charge in [0.05, 0.1) is 0 Å². The van der Waals surface area contributed by atoms with Crippen molar-refractivity contribution in [2.24, 2.45) is 0 Å². The van der Waals surface area contributed by atoms with Crippen LogP contribution in [0, 0.1) is 13.8 Å². The van der Waals surface area contributed by atoms with Gasteiger partial charge in [0.2, 0.25) is 0 Å². The molecule has 0 radical (unpaired) electrons. The Morgan fingerprint density at radius 2 is 1.45 bits per heavy atom. The van der Waals surface area contributed by atoms with Gasteiger partial charge < -0.3 is 5.32 Å². The Labute approximate surface area is 123 Å². The van der Waals surface area contributed by atoms with Crippen molar-refractivity contribution in [1.82, 2.24) is 5.32 Å². The van der Waals surface area contributed by atoms with E-state index in [1.54, 1.807) is 0 Å². The molecule has 0 aliphatic rings. The molecule has 0 aliphatic heterocycles. The summed E-state index contributed by atoms with van der Waals surface area (Å²) in [5.74, 6) is 0. The Morgan fingerprint density at radius 3 is 1.95 bits per heavy atom. The molecule has 0 spiro atoms. The summed E-state index contributed by atoms with van der Waals surface area (Å²) in [4.78, 5) is 0. The summed E-state index contributed by atoms with van der Waals surface area (Å²) in [6, 6.07) is 16.2. The minimum absolute atomic E-state index is 0.466. The largest absolute Gasteiger partial charge is 0.310 e. The van der Waals surface area contributed by atoms with Gasteiger partial charge >= 0.3 is 0 Å². The minimum Gasteiger partial charge on any atom is -0.310 e. The second-order valence-corrected chi connectivity index (χ2v) is 5.52. The topological polar surface area (TPSA) is 12.0 Å². The SMILES string of the molecule is CCNC(CC)c1ccc(-c2cc(C)cc(C)c2)cc1. The van der Waals surface area contributed by atoms with E-state index < -0.39 is 0 Å². The van der Waals surface area contributed by atoms with Crippen molar-refractivity contribution >= 4 is 0 Å². The van der Waals surface area contributed by atoms with Crippen LogP contribution in [0.25, 0.3) is 11.1 Å². The maximum Gasteiger partial charge on any atom is 0.0317 e. The zero-order valence-corrected chi connectivity index (χ0v) is 13.0. The van der Waals surface area contributed by atoms with Crippen molar-refractivity contribution < 1.29 is 0 Å². The number of aryl methyl sites for hydroxylation is 2. The molecule has 1 N–H and O–H groups in total. The Bertz CT molecular complexity index is 534. The molecule has 0 saturated heterocycles. The van der Waals surface area contributed by atoms with Crippen LogP contribution in [0.5, 0.6) is 0 Å². The molecule has 1 unspecified atom stereocenters. The van der Waals surface area contributed by atoms with Crippen molar-refractivity contribution in [2.45, 2.75) is 40.2 Å². The van der Waals surface area contributed by atoms with Gasteiger partial charge in [-0.05, 0) is 43.5 Å². The smallest absolute Gasteiger partial charge is 0.0317 e. The summed E-state index contributed by atoms with van der Waals surface area (Å²) in [6.45, 7) is 9.71. The van der Waals surface area contributed by atoms with Crippen molar-refractivity contribution in [3.8, 4) is 11.1 Å². The molecule has 0 bridgehead atoms. The number of hydrogen-bond acceptors (Lipinski definition) is 1. The van der Waals surface area contributed by atoms with Gasteiger partial charge in [-0.15, -0.1) is 0 Å². The molecule has 0 amide bonds. The molecule has 2 aromatic carbocycles. The number of hydrogen-bond donors (Lipinski definition) is 1. The van der Waals surface area contributed by atoms with Crippen LogP contribution in [0.3, 0.4) is 0 Å². The Balaban J connectivity index is 2.27. The van der Waals surface area contributed by atoms with E-state index in [1.807, 2.05) is 0 Å². The highest BCUT2D eigenvalue weighted by Crippen LogP contribution is 2.25. The predicted octanol–water partition coefficient (Wildman–Crippen LogP) is 5.03. The molecule has 1 heteroatoms. The molecule has 1 nitrogen and oxygen atoms in total. The molecule has 106 valence electrons. The van der Waals surface area contributed by atoms with Crippen LogP contribution in [0.4, 0.5) is 0 Å². The van der Waals surface area contributed by atoms with Crippen LogP contribution in [0.2, 0.25) is 0 Å². The molecular formula is C19H25N. The lowest BCUT2D eigenvalue weighted by molar-refractivity contribution is 0.537. The van der Waals surface area contributed by atoms with Gasteiger partial charge in [-0.3, -0.25) is 0 Å². The summed E-state index contributed by atoms with van der Waals surface area (Å²) in [6.07, 6.45) is 1.12. The van der Waals surface area contributed by atoms with E-state index in [4.69, 9.17) is 0 Å². The standard InChI is InChI=1S/C19H25N/c1-5-19(20-6-2)17-9-7-16(8-10-17)18-12-14(3)11-15(4)13-18/h7-13,19-20H,5-6H2,1-4H3. The molecule has 2 aromatic rings. The number of rotatable bonds is 5. The van der Waals surface area contributed by atoms with Gasteiger partial charge in [0.1, 0.15) is 0 Å². The molecule has 20 heavy (non-hydrogen) atoms. The van der Waals surface area contributed by atoms with Gasteiger partial charge in [-0.2, -0.15) is 0 Å². The summed E-state index contributed by atoms with van der Waals surface area (Å²) in [5, 5.41) is 3.53. The fourth-order valence-corrected chi connectivity index (χ4v) is 2.79. The minimum atomic E-state index is 0.466. The summed E-state index contributed by atoms with van der Waals surface area (Å²) in [5.41, 5.74) is 6.63. The fourth-order valence-electron chi connectivity index (χ4n) is 2.79. The summed E-state index contributed by atoms with van der Waals surface area (Å²) < 4.78 is 0. The maximum atomic E-state index is 3.53. The van der Waals surface area contributed by atoms with Gasteiger partial charge in [0, 0.05) is 6.04 Å². The Kier molecular flexibility index (Phi) is 4.97. The van der Waals surface area contributed by atoms with Gasteiger partial charge in [0.25, 0.3) is 0 Å². The van der Waals surface area contributed by atoms with E-state index in [1.165, 1.54) is 27.8 Å². The highest BCUT2D eigenvalue weighted by Gasteiger charge is 2.07. The molecule has 0 aromatic heterocycles. The average Bonchev–Trinajstić information content (AvgIpc) is 2.44. The molecule has 1 atom stereocenters. The van der Waals surface area contributed by atoms with Crippen LogP contribution < -0.4 is 5.32 Å². The normalized spacial score (nSPS) is 12.4. The van der Waals surface area contributed by atoms with Crippen LogP contribution >= 0.6 is 0 Å². The number of benzene rings is 2. The second kappa shape index (κ2) is 6.71. The number of nitrogens with one attached hydrogen (secondary N) is 1. The van der Waals surface area contributed by atoms with Crippen molar-refractivity contribution in [3.63, 3.8) is 0 Å². The second-order valence-electron chi connectivity index (χ2n) is 5.52. The lowest BCUT2D eigenvalue weighted by Gasteiger charge is -2.16. The first-order chi connectivity index (χ1) is 9.63. The zero-order valence-electron chi connectivity index (χ0n) is 13.0. The van der Waals surface area contributed by atoms with Crippen LogP contribution in [0.15, 0.2) is 42.5 Å². The van der Waals surface area contributed by atoms with E-state index in [2.05, 4.69) is 75.5 Å². The predicted molar refractivity (Wildman–Crippen MR) is 88.1 cm³/mol. The van der Waals surface area contributed by atoms with Crippen molar-refractivity contribution in [1.29, 1.82) is 0 Å². The van der Waals surface area contributed by atoms with Crippen LogP contribution in [-0.4, -0.2) is 6.54 Å². The molecular weight excluding hydrogens is 242 g/mol. The molecule has 0 heterocycles. The van der Waals surface area contributed by atoms with Gasteiger partial charge in [-0.1, -0.05) is 67.4 Å². The highest BCUT2D eigenvalue weighted by atomic mass is 14.9. The van der Waals surface area contributed by atoms with E-state index in [0.29, 0.717) is 6.04 Å². The van der Waals surface area contributed by atoms with E-state index in [9.17, 15) is 0 Å². The molecule has 0 fully saturated rings. The first-order valence-electron chi connectivity index (χ1n) is 7.56. The van der Waals surface area contributed by atoms with E-state index in [-0.39, 0.29) is 0 Å². The lowest BCUT2D eigenvalue weighted by atomic mass is 9.97. The average molecular weight is 267 g/mol. The van der Waals surface area contributed by atoms with E-state index in [0.717, 1.165) is 13.0 Å². The van der Waals surface area contributed by atoms with Gasteiger partial charge in [0.15, 0.2) is 0 Å². The fraction of sp³-hybridized carbons (Fsp3) is 0.368. The Hall–Kier alpha value is -1.60. The van der Waals surface area contributed by atoms with E-state index >= 15 is 0 Å². The van der Waals surface area contributed by atoms with Crippen molar-refractivity contribution in [3.05, 3.63) is 59.2 Å². The third-order valence-electron chi connectivity index (χ3n) is 3.73. The third kappa shape index (κ3) is 3.49. The first-order valence-corrected chi connectivity index (χ1v) is 7.56. The molecule has 2 rings (SSSR count). The summed E-state index contributed by atoms with van der Waals surface area (Å²) in [7, 11) is 0. The van der Waals surface area contributed by atoms with Crippen molar-refractivity contribution in [2.75, 3.05) is 6.54 Å². The Morgan fingerprint density at radius 1 is 0.850 bits per heavy atom. The first kappa shape index (κ1) is 14.8. The molecule has 0 aliphatic carbocycles. The maximum absolute atomic E-state index is 3.53. The monoisotopic (exact) mass is 267 g/mol. The highest BCUT2D eigenvalue weighted by molar-refractivity contribution is 5.65. The quantitative estimate of drug-likeness (QED) is 0.801. The summed E-state index contributed by atoms with van der Waals surface area (Å²) >= 11 is 0. The van der Waals surface area contributed by atoms with Gasteiger partial charge in [-0.25, -0.2) is 0 Å². The van der Waals surface area contributed by atoms with Crippen LogP contribution in [-0.2, 0) is 0 Å². The molecule has 0 saturated carbocycles. The zero-order chi connectivity index (χ0) is 14.5. The third-order valence-corrected chi connectivity index (χ3v) is 3.73. The lowest BCUT2D eigenvalue weighted by Crippen LogP contribution is -2.19.